The summed E-state index contributed by atoms with van der Waals surface area (Å²) >= 11 is 5.90. The van der Waals surface area contributed by atoms with Gasteiger partial charge in [-0.15, -0.1) is 0 Å². The van der Waals surface area contributed by atoms with Gasteiger partial charge < -0.3 is 20.3 Å². The second-order valence-electron chi connectivity index (χ2n) is 5.08. The fourth-order valence-electron chi connectivity index (χ4n) is 2.41. The van der Waals surface area contributed by atoms with Gasteiger partial charge in [-0.05, 0) is 25.0 Å². The van der Waals surface area contributed by atoms with Crippen LogP contribution in [0.2, 0.25) is 5.02 Å². The number of ether oxygens (including phenoxy) is 2. The van der Waals surface area contributed by atoms with E-state index in [0.29, 0.717) is 0 Å². The molecule has 0 radical (unpaired) electrons. The average molecular weight is 368 g/mol. The van der Waals surface area contributed by atoms with Gasteiger partial charge >= 0.3 is 6.09 Å². The van der Waals surface area contributed by atoms with Crippen LogP contribution >= 0.6 is 11.6 Å². The fourth-order valence-corrected chi connectivity index (χ4v) is 4.83. The number of sulfone groups is 1. The summed E-state index contributed by atoms with van der Waals surface area (Å²) in [6, 6.07) is 2.21. The number of aromatic hydroxyl groups is 1. The maximum absolute atomic E-state index is 13.6. The van der Waals surface area contributed by atoms with Crippen molar-refractivity contribution >= 4 is 27.5 Å². The van der Waals surface area contributed by atoms with Crippen LogP contribution < -0.4 is 10.5 Å². The Hall–Kier alpha value is -1.58. The van der Waals surface area contributed by atoms with E-state index in [1.165, 1.54) is 0 Å². The zero-order valence-electron chi connectivity index (χ0n) is 11.9. The van der Waals surface area contributed by atoms with Crippen LogP contribution in [0.4, 0.5) is 9.18 Å². The lowest BCUT2D eigenvalue weighted by Crippen LogP contribution is -2.46. The molecule has 2 rings (SSSR count). The second kappa shape index (κ2) is 6.50. The van der Waals surface area contributed by atoms with Crippen molar-refractivity contribution < 1.29 is 32.2 Å². The molecular weight excluding hydrogens is 353 g/mol. The van der Waals surface area contributed by atoms with Gasteiger partial charge in [0, 0.05) is 13.2 Å². The quantitative estimate of drug-likeness (QED) is 0.838. The third-order valence-corrected chi connectivity index (χ3v) is 6.78. The molecule has 1 heterocycles. The van der Waals surface area contributed by atoms with E-state index in [-0.39, 0.29) is 31.1 Å². The van der Waals surface area contributed by atoms with Gasteiger partial charge in [0.2, 0.25) is 0 Å². The zero-order chi connectivity index (χ0) is 17.3. The topological polar surface area (TPSA) is 116 Å². The van der Waals surface area contributed by atoms with Gasteiger partial charge in [0.15, 0.2) is 21.3 Å². The summed E-state index contributed by atoms with van der Waals surface area (Å²) in [5.41, 5.74) is 4.85. The monoisotopic (exact) mass is 367 g/mol. The number of primary amides is 1. The normalized spacial score (nSPS) is 17.7. The molecule has 128 valence electrons. The largest absolute Gasteiger partial charge is 0.503 e. The number of carbonyl (C=O) groups is 1. The van der Waals surface area contributed by atoms with Crippen LogP contribution in [0.5, 0.6) is 11.5 Å². The lowest BCUT2D eigenvalue weighted by Gasteiger charge is -2.34. The third-order valence-electron chi connectivity index (χ3n) is 3.74. The Morgan fingerprint density at radius 1 is 1.43 bits per heavy atom. The first-order chi connectivity index (χ1) is 10.7. The number of hydrogen-bond acceptors (Lipinski definition) is 6. The highest BCUT2D eigenvalue weighted by Crippen LogP contribution is 2.45. The van der Waals surface area contributed by atoms with E-state index in [2.05, 4.69) is 4.74 Å². The molecule has 10 heteroatoms. The van der Waals surface area contributed by atoms with Crippen LogP contribution in [-0.2, 0) is 14.6 Å². The van der Waals surface area contributed by atoms with Crippen LogP contribution in [0, 0.1) is 0 Å². The van der Waals surface area contributed by atoms with Crippen LogP contribution in [0.3, 0.4) is 0 Å². The molecule has 1 saturated heterocycles. The van der Waals surface area contributed by atoms with Crippen LogP contribution in [-0.4, -0.2) is 44.3 Å². The van der Waals surface area contributed by atoms with E-state index >= 15 is 0 Å². The summed E-state index contributed by atoms with van der Waals surface area (Å²) in [7, 11) is -4.36. The van der Waals surface area contributed by atoms with E-state index in [1.807, 2.05) is 0 Å². The van der Waals surface area contributed by atoms with E-state index in [4.69, 9.17) is 22.1 Å². The van der Waals surface area contributed by atoms with Gasteiger partial charge in [-0.3, -0.25) is 0 Å². The number of alkyl halides is 1. The molecule has 0 spiro atoms. The molecule has 0 bridgehead atoms. The Bertz CT molecular complexity index is 717. The number of phenolic OH excluding ortho intramolecular Hbond substituents is 1. The Labute approximate surface area is 137 Å². The van der Waals surface area contributed by atoms with Crippen LogP contribution in [0.25, 0.3) is 0 Å². The summed E-state index contributed by atoms with van der Waals surface area (Å²) < 4.78 is 47.3. The fraction of sp³-hybridized carbons (Fsp3) is 0.462. The highest BCUT2D eigenvalue weighted by molar-refractivity contribution is 7.93. The van der Waals surface area contributed by atoms with Crippen molar-refractivity contribution in [3.63, 3.8) is 0 Å². The van der Waals surface area contributed by atoms with Gasteiger partial charge in [0.1, 0.15) is 16.3 Å². The summed E-state index contributed by atoms with van der Waals surface area (Å²) in [5, 5.41) is 9.84. The second-order valence-corrected chi connectivity index (χ2v) is 7.77. The maximum atomic E-state index is 13.6. The van der Waals surface area contributed by atoms with E-state index < -0.39 is 43.7 Å². The third kappa shape index (κ3) is 3.08. The summed E-state index contributed by atoms with van der Waals surface area (Å²) in [5.74, 6) is -1.35. The van der Waals surface area contributed by atoms with E-state index in [9.17, 15) is 22.7 Å². The number of phenols is 1. The maximum Gasteiger partial charge on any atom is 0.410 e. The number of halogens is 2. The molecule has 1 aliphatic rings. The summed E-state index contributed by atoms with van der Waals surface area (Å²) in [6.45, 7) is -1.02. The molecule has 3 N–H and O–H groups in total. The number of benzene rings is 1. The minimum Gasteiger partial charge on any atom is -0.503 e. The predicted octanol–water partition coefficient (Wildman–Crippen LogP) is 1.80. The lowest BCUT2D eigenvalue weighted by molar-refractivity contribution is 0.0674. The first-order valence-corrected chi connectivity index (χ1v) is 8.48. The molecule has 23 heavy (non-hydrogen) atoms. The molecule has 1 fully saturated rings. The minimum atomic E-state index is -4.36. The number of hydrogen-bond donors (Lipinski definition) is 2. The number of nitrogens with two attached hydrogens (primary N) is 1. The molecule has 1 amide bonds. The molecule has 0 atom stereocenters. The zero-order valence-corrected chi connectivity index (χ0v) is 13.5. The summed E-state index contributed by atoms with van der Waals surface area (Å²) in [4.78, 5) is 10.1. The molecule has 1 aliphatic heterocycles. The smallest absolute Gasteiger partial charge is 0.410 e. The number of rotatable bonds is 4. The molecule has 0 saturated carbocycles. The van der Waals surface area contributed by atoms with Gasteiger partial charge in [-0.1, -0.05) is 11.6 Å². The molecule has 0 unspecified atom stereocenters. The highest BCUT2D eigenvalue weighted by Gasteiger charge is 2.48. The van der Waals surface area contributed by atoms with Crippen molar-refractivity contribution in [2.24, 2.45) is 5.73 Å². The number of carbonyl (C=O) groups excluding carboxylic acids is 1. The standard InChI is InChI=1S/C13H15ClFNO6S/c14-8-1-2-9(22-12(16)18)10(17)11(8)23(19,20)13(7-15)3-5-21-6-4-13/h1-2,17H,3-7H2,(H2,16,18). The van der Waals surface area contributed by atoms with Gasteiger partial charge in [-0.2, -0.15) is 0 Å². The van der Waals surface area contributed by atoms with E-state index in [1.54, 1.807) is 0 Å². The van der Waals surface area contributed by atoms with E-state index in [0.717, 1.165) is 12.1 Å². The minimum absolute atomic E-state index is 0.0685. The molecule has 7 nitrogen and oxygen atoms in total. The highest BCUT2D eigenvalue weighted by atomic mass is 35.5. The molecule has 0 aliphatic carbocycles. The first-order valence-electron chi connectivity index (χ1n) is 6.62. The number of amides is 1. The molecule has 1 aromatic carbocycles. The average Bonchev–Trinajstić information content (AvgIpc) is 2.50. The molecule has 0 aromatic heterocycles. The van der Waals surface area contributed by atoms with Gasteiger partial charge in [0.05, 0.1) is 5.02 Å². The van der Waals surface area contributed by atoms with Crippen molar-refractivity contribution in [3.05, 3.63) is 17.2 Å². The Balaban J connectivity index is 2.61. The van der Waals surface area contributed by atoms with Crippen molar-refractivity contribution in [2.75, 3.05) is 19.9 Å². The van der Waals surface area contributed by atoms with Crippen LogP contribution in [0.1, 0.15) is 12.8 Å². The molecular formula is C13H15ClFNO6S. The Morgan fingerprint density at radius 3 is 2.57 bits per heavy atom. The van der Waals surface area contributed by atoms with Crippen molar-refractivity contribution in [3.8, 4) is 11.5 Å². The molecule has 1 aromatic rings. The van der Waals surface area contributed by atoms with Crippen molar-refractivity contribution in [1.29, 1.82) is 0 Å². The predicted molar refractivity (Wildman–Crippen MR) is 79.3 cm³/mol. The van der Waals surface area contributed by atoms with Gasteiger partial charge in [-0.25, -0.2) is 17.6 Å². The lowest BCUT2D eigenvalue weighted by atomic mass is 10.0. The SMILES string of the molecule is NC(=O)Oc1ccc(Cl)c(S(=O)(=O)C2(CF)CCOCC2)c1O. The van der Waals surface area contributed by atoms with Gasteiger partial charge in [0.25, 0.3) is 0 Å². The first kappa shape index (κ1) is 17.8. The van der Waals surface area contributed by atoms with Crippen LogP contribution in [0.15, 0.2) is 17.0 Å². The summed E-state index contributed by atoms with van der Waals surface area (Å²) in [6.07, 6.45) is -1.40. The Morgan fingerprint density at radius 2 is 2.04 bits per heavy atom. The van der Waals surface area contributed by atoms with Crippen molar-refractivity contribution in [1.82, 2.24) is 0 Å². The Kier molecular flexibility index (Phi) is 5.02. The van der Waals surface area contributed by atoms with Crippen molar-refractivity contribution in [2.45, 2.75) is 22.5 Å².